The number of carbonyl (C=O) groups excluding carboxylic acids is 1. The van der Waals surface area contributed by atoms with Gasteiger partial charge in [-0.3, -0.25) is 4.79 Å². The van der Waals surface area contributed by atoms with Gasteiger partial charge < -0.3 is 14.8 Å². The number of amides is 1. The summed E-state index contributed by atoms with van der Waals surface area (Å²) in [5, 5.41) is 3.04. The van der Waals surface area contributed by atoms with Crippen LogP contribution in [-0.2, 0) is 10.2 Å². The molecule has 2 aromatic carbocycles. The zero-order chi connectivity index (χ0) is 21.6. The van der Waals surface area contributed by atoms with Crippen LogP contribution in [0.3, 0.4) is 0 Å². The van der Waals surface area contributed by atoms with Gasteiger partial charge in [0, 0.05) is 12.7 Å². The summed E-state index contributed by atoms with van der Waals surface area (Å²) in [5.74, 6) is 2.47. The second-order valence-corrected chi connectivity index (χ2v) is 8.71. The topological polar surface area (TPSA) is 60.5 Å². The molecule has 1 saturated carbocycles. The lowest BCUT2D eigenvalue weighted by Crippen LogP contribution is -2.28. The second kappa shape index (κ2) is 7.41. The van der Waals surface area contributed by atoms with E-state index in [4.69, 9.17) is 9.47 Å². The molecular formula is C26H28N2O3. The first-order valence-corrected chi connectivity index (χ1v) is 10.8. The van der Waals surface area contributed by atoms with Crippen molar-refractivity contribution in [3.05, 3.63) is 71.4 Å². The highest BCUT2D eigenvalue weighted by Crippen LogP contribution is 2.51. The number of aryl methyl sites for hydroxylation is 1. The Balaban J connectivity index is 0.00000245. The maximum atomic E-state index is 13.2. The van der Waals surface area contributed by atoms with Gasteiger partial charge in [-0.05, 0) is 66.6 Å². The van der Waals surface area contributed by atoms with Gasteiger partial charge >= 0.3 is 0 Å². The van der Waals surface area contributed by atoms with E-state index in [9.17, 15) is 4.79 Å². The van der Waals surface area contributed by atoms with Gasteiger partial charge in [0.05, 0.1) is 5.41 Å². The van der Waals surface area contributed by atoms with Gasteiger partial charge in [0.15, 0.2) is 11.5 Å². The Kier molecular flexibility index (Phi) is 4.69. The van der Waals surface area contributed by atoms with Crippen molar-refractivity contribution in [3.8, 4) is 22.6 Å². The van der Waals surface area contributed by atoms with E-state index in [0.717, 1.165) is 41.0 Å². The lowest BCUT2D eigenvalue weighted by Gasteiger charge is -2.17. The second-order valence-electron chi connectivity index (χ2n) is 8.71. The molecule has 0 spiro atoms. The molecule has 1 aromatic heterocycles. The number of fused-ring (bicyclic) bond motifs is 1. The fourth-order valence-electron chi connectivity index (χ4n) is 4.20. The van der Waals surface area contributed by atoms with Crippen LogP contribution < -0.4 is 14.8 Å². The molecule has 0 unspecified atom stereocenters. The minimum Gasteiger partial charge on any atom is -0.454 e. The standard InChI is InChI=1S/C26H26N2O3.H2/c1-16(2)18-5-4-6-19(13-18)21-8-10-24(27-17(21)3)28-25(29)26(11-12-26)20-7-9-22-23(14-20)31-15-30-22;/h4-10,13-14,16H,11-12,15H2,1-3H3,(H,27,28,29);1H. The van der Waals surface area contributed by atoms with E-state index in [1.54, 1.807) is 0 Å². The van der Waals surface area contributed by atoms with Gasteiger partial charge in [0.1, 0.15) is 5.82 Å². The molecule has 31 heavy (non-hydrogen) atoms. The summed E-state index contributed by atoms with van der Waals surface area (Å²) in [5.41, 5.74) is 4.87. The number of carbonyl (C=O) groups is 1. The number of aromatic nitrogens is 1. The normalized spacial score (nSPS) is 15.7. The highest BCUT2D eigenvalue weighted by atomic mass is 16.7. The molecule has 1 aliphatic carbocycles. The van der Waals surface area contributed by atoms with Crippen molar-refractivity contribution in [2.24, 2.45) is 0 Å². The van der Waals surface area contributed by atoms with E-state index in [1.165, 1.54) is 5.56 Å². The molecule has 0 atom stereocenters. The number of nitrogens with one attached hydrogen (secondary N) is 1. The van der Waals surface area contributed by atoms with Crippen molar-refractivity contribution in [2.45, 2.75) is 44.9 Å². The molecular weight excluding hydrogens is 388 g/mol. The quantitative estimate of drug-likeness (QED) is 0.569. The minimum atomic E-state index is -0.513. The van der Waals surface area contributed by atoms with Gasteiger partial charge in [-0.2, -0.15) is 0 Å². The Labute approximate surface area is 183 Å². The zero-order valence-electron chi connectivity index (χ0n) is 18.1. The third kappa shape index (κ3) is 3.54. The maximum absolute atomic E-state index is 13.2. The van der Waals surface area contributed by atoms with Crippen LogP contribution in [-0.4, -0.2) is 17.7 Å². The number of hydrogen-bond donors (Lipinski definition) is 1. The first-order chi connectivity index (χ1) is 15.0. The molecule has 1 fully saturated rings. The Bertz CT molecular complexity index is 1170. The predicted molar refractivity (Wildman–Crippen MR) is 123 cm³/mol. The summed E-state index contributed by atoms with van der Waals surface area (Å²) < 4.78 is 10.9. The molecule has 0 radical (unpaired) electrons. The summed E-state index contributed by atoms with van der Waals surface area (Å²) >= 11 is 0. The average Bonchev–Trinajstić information content (AvgIpc) is 3.45. The molecule has 160 valence electrons. The lowest BCUT2D eigenvalue weighted by atomic mass is 9.94. The van der Waals surface area contributed by atoms with Crippen LogP contribution in [0.5, 0.6) is 11.5 Å². The van der Waals surface area contributed by atoms with E-state index in [0.29, 0.717) is 17.5 Å². The van der Waals surface area contributed by atoms with E-state index in [2.05, 4.69) is 48.4 Å². The van der Waals surface area contributed by atoms with Gasteiger partial charge in [0.25, 0.3) is 0 Å². The number of anilines is 1. The Morgan fingerprint density at radius 3 is 2.61 bits per heavy atom. The van der Waals surface area contributed by atoms with Crippen molar-refractivity contribution in [2.75, 3.05) is 12.1 Å². The summed E-state index contributed by atoms with van der Waals surface area (Å²) in [4.78, 5) is 17.8. The predicted octanol–water partition coefficient (Wildman–Crippen LogP) is 5.83. The fourth-order valence-corrected chi connectivity index (χ4v) is 4.20. The van der Waals surface area contributed by atoms with Gasteiger partial charge in [0.2, 0.25) is 12.7 Å². The molecule has 3 aromatic rings. The largest absolute Gasteiger partial charge is 0.454 e. The van der Waals surface area contributed by atoms with Crippen molar-refractivity contribution in [1.82, 2.24) is 4.98 Å². The summed E-state index contributed by atoms with van der Waals surface area (Å²) in [6.07, 6.45) is 1.63. The average molecular weight is 417 g/mol. The summed E-state index contributed by atoms with van der Waals surface area (Å²) in [6.45, 7) is 6.60. The number of rotatable bonds is 5. The number of pyridine rings is 1. The molecule has 5 heteroatoms. The highest BCUT2D eigenvalue weighted by Gasteiger charge is 2.51. The third-order valence-corrected chi connectivity index (χ3v) is 6.30. The third-order valence-electron chi connectivity index (χ3n) is 6.30. The molecule has 5 rings (SSSR count). The van der Waals surface area contributed by atoms with E-state index in [-0.39, 0.29) is 14.1 Å². The first kappa shape index (κ1) is 19.6. The molecule has 0 bridgehead atoms. The van der Waals surface area contributed by atoms with Crippen molar-refractivity contribution in [1.29, 1.82) is 0 Å². The molecule has 1 amide bonds. The van der Waals surface area contributed by atoms with Crippen molar-refractivity contribution < 1.29 is 15.7 Å². The smallest absolute Gasteiger partial charge is 0.236 e. The molecule has 0 saturated heterocycles. The number of nitrogens with zero attached hydrogens (tertiary/aromatic N) is 1. The Morgan fingerprint density at radius 2 is 1.87 bits per heavy atom. The van der Waals surface area contributed by atoms with E-state index in [1.807, 2.05) is 37.3 Å². The van der Waals surface area contributed by atoms with Crippen LogP contribution in [0.25, 0.3) is 11.1 Å². The van der Waals surface area contributed by atoms with Crippen LogP contribution in [0.1, 0.15) is 50.9 Å². The number of hydrogen-bond acceptors (Lipinski definition) is 4. The van der Waals surface area contributed by atoms with Crippen molar-refractivity contribution in [3.63, 3.8) is 0 Å². The molecule has 1 N–H and O–H groups in total. The maximum Gasteiger partial charge on any atom is 0.236 e. The van der Waals surface area contributed by atoms with Gasteiger partial charge in [-0.15, -0.1) is 0 Å². The Morgan fingerprint density at radius 1 is 1.06 bits per heavy atom. The minimum absolute atomic E-state index is 0. The van der Waals surface area contributed by atoms with Crippen molar-refractivity contribution >= 4 is 11.7 Å². The number of benzene rings is 2. The summed E-state index contributed by atoms with van der Waals surface area (Å²) in [6, 6.07) is 18.3. The molecule has 5 nitrogen and oxygen atoms in total. The van der Waals surface area contributed by atoms with E-state index < -0.39 is 5.41 Å². The van der Waals surface area contributed by atoms with Crippen LogP contribution in [0.4, 0.5) is 5.82 Å². The van der Waals surface area contributed by atoms with Crippen LogP contribution in [0, 0.1) is 6.92 Å². The van der Waals surface area contributed by atoms with Crippen LogP contribution in [0.15, 0.2) is 54.6 Å². The monoisotopic (exact) mass is 416 g/mol. The fraction of sp³-hybridized carbons (Fsp3) is 0.308. The molecule has 2 heterocycles. The SMILES string of the molecule is Cc1nc(NC(=O)C2(c3ccc4c(c3)OCO4)CC2)ccc1-c1cccc(C(C)C)c1.[HH]. The zero-order valence-corrected chi connectivity index (χ0v) is 18.1. The highest BCUT2D eigenvalue weighted by molar-refractivity contribution is 6.01. The Hall–Kier alpha value is -3.34. The molecule has 2 aliphatic rings. The lowest BCUT2D eigenvalue weighted by molar-refractivity contribution is -0.118. The van der Waals surface area contributed by atoms with Crippen LogP contribution in [0.2, 0.25) is 0 Å². The van der Waals surface area contributed by atoms with Gasteiger partial charge in [-0.25, -0.2) is 4.98 Å². The molecule has 1 aliphatic heterocycles. The number of ether oxygens (including phenoxy) is 2. The van der Waals surface area contributed by atoms with Crippen LogP contribution >= 0.6 is 0 Å². The van der Waals surface area contributed by atoms with Gasteiger partial charge in [-0.1, -0.05) is 44.2 Å². The first-order valence-electron chi connectivity index (χ1n) is 10.8. The summed E-state index contributed by atoms with van der Waals surface area (Å²) in [7, 11) is 0. The van der Waals surface area contributed by atoms with E-state index >= 15 is 0 Å².